The summed E-state index contributed by atoms with van der Waals surface area (Å²) in [5.74, 6) is -7.92. The number of aliphatic hydroxyl groups is 3. The van der Waals surface area contributed by atoms with Crippen molar-refractivity contribution >= 4 is 23.5 Å². The van der Waals surface area contributed by atoms with E-state index in [0.29, 0.717) is 12.8 Å². The van der Waals surface area contributed by atoms with Crippen LogP contribution >= 0.6 is 0 Å². The number of ether oxygens (including phenoxy) is 3. The van der Waals surface area contributed by atoms with Crippen molar-refractivity contribution < 1.29 is 48.7 Å². The number of carbonyl (C=O) groups excluding carboxylic acids is 4. The molecule has 3 saturated carbocycles. The fourth-order valence-corrected chi connectivity index (χ4v) is 12.4. The van der Waals surface area contributed by atoms with Crippen molar-refractivity contribution in [2.24, 2.45) is 58.2 Å². The number of rotatable bonds is 21. The average molecular weight is 861 g/mol. The molecule has 62 heavy (non-hydrogen) atoms. The molecule has 2 bridgehead atoms. The van der Waals surface area contributed by atoms with Crippen LogP contribution in [0.25, 0.3) is 0 Å². The molecule has 2 saturated heterocycles. The molecule has 0 aromatic heterocycles. The number of fused-ring (bicyclic) bond motifs is 1. The molecule has 5 fully saturated rings. The molecule has 0 radical (unpaired) electrons. The smallest absolute Gasteiger partial charge is 0.309 e. The van der Waals surface area contributed by atoms with Crippen LogP contribution in [0.4, 0.5) is 0 Å². The molecular weight excluding hydrogens is 785 g/mol. The van der Waals surface area contributed by atoms with Gasteiger partial charge in [-0.1, -0.05) is 128 Å². The minimum atomic E-state index is -2.12. The quantitative estimate of drug-likeness (QED) is 0.0753. The molecule has 10 heteroatoms. The Kier molecular flexibility index (Phi) is 16.8. The minimum Gasteiger partial charge on any atom is -0.461 e. The van der Waals surface area contributed by atoms with Crippen molar-refractivity contribution in [1.29, 1.82) is 0 Å². The van der Waals surface area contributed by atoms with Crippen LogP contribution < -0.4 is 0 Å². The molecule has 0 amide bonds. The fourth-order valence-electron chi connectivity index (χ4n) is 12.4. The van der Waals surface area contributed by atoms with E-state index in [2.05, 4.69) is 67.7 Å². The Hall–Kier alpha value is -3.44. The van der Waals surface area contributed by atoms with Gasteiger partial charge in [0.05, 0.1) is 18.1 Å². The van der Waals surface area contributed by atoms with Crippen LogP contribution in [0.5, 0.6) is 0 Å². The second kappa shape index (κ2) is 21.0. The van der Waals surface area contributed by atoms with Gasteiger partial charge in [0, 0.05) is 42.4 Å². The van der Waals surface area contributed by atoms with E-state index in [-0.39, 0.29) is 67.5 Å². The number of hydrogen-bond donors (Lipinski definition) is 3. The van der Waals surface area contributed by atoms with E-state index in [0.717, 1.165) is 38.5 Å². The van der Waals surface area contributed by atoms with Crippen molar-refractivity contribution in [3.63, 3.8) is 0 Å². The molecule has 2 aliphatic heterocycles. The van der Waals surface area contributed by atoms with Crippen molar-refractivity contribution in [2.45, 2.75) is 162 Å². The van der Waals surface area contributed by atoms with Crippen LogP contribution in [-0.4, -0.2) is 75.1 Å². The van der Waals surface area contributed by atoms with Gasteiger partial charge in [0.15, 0.2) is 17.7 Å². The maximum atomic E-state index is 14.1. The van der Waals surface area contributed by atoms with Crippen LogP contribution in [0.1, 0.15) is 132 Å². The highest BCUT2D eigenvalue weighted by Gasteiger charge is 2.83. The summed E-state index contributed by atoms with van der Waals surface area (Å²) >= 11 is 0. The molecule has 5 aliphatic rings. The first kappa shape index (κ1) is 49.6. The van der Waals surface area contributed by atoms with E-state index in [1.165, 1.54) is 0 Å². The Morgan fingerprint density at radius 3 is 1.94 bits per heavy atom. The van der Waals surface area contributed by atoms with Gasteiger partial charge in [0.2, 0.25) is 0 Å². The molecule has 1 spiro atoms. The molecule has 3 N–H and O–H groups in total. The number of allylic oxidation sites excluding steroid dienone is 12. The third kappa shape index (κ3) is 9.79. The van der Waals surface area contributed by atoms with E-state index >= 15 is 0 Å². The van der Waals surface area contributed by atoms with Crippen molar-refractivity contribution in [1.82, 2.24) is 0 Å². The topological polar surface area (TPSA) is 157 Å². The Balaban J connectivity index is 1.24. The highest BCUT2D eigenvalue weighted by atomic mass is 16.7. The SMILES string of the molecule is CCC=CCC=CCC=CCC=CCC=CCC=CCCC(=O)O[C@@H]1C(=O)CC(C)[C@@H]2C[C@H]3OC(=O)C(CC(=O)CC(O)(C(C)C)C(C)C)C4[C@@H](C)[C@@H](O)[C@@]5(O)OC[C@@]43C5[C@@]12C. The zero-order chi connectivity index (χ0) is 45.5. The molecule has 12 atom stereocenters. The lowest BCUT2D eigenvalue weighted by atomic mass is 9.36. The number of ketones is 2. The third-order valence-electron chi connectivity index (χ3n) is 15.5. The van der Waals surface area contributed by atoms with Crippen molar-refractivity contribution in [2.75, 3.05) is 6.61 Å². The van der Waals surface area contributed by atoms with E-state index < -0.39 is 76.1 Å². The van der Waals surface area contributed by atoms with Crippen LogP contribution in [0.3, 0.4) is 0 Å². The second-order valence-electron chi connectivity index (χ2n) is 19.8. The lowest BCUT2D eigenvalue weighted by molar-refractivity contribution is -0.344. The summed E-state index contributed by atoms with van der Waals surface area (Å²) in [7, 11) is 0. The zero-order valence-electron chi connectivity index (χ0n) is 38.7. The van der Waals surface area contributed by atoms with Gasteiger partial charge in [0.1, 0.15) is 18.0 Å². The Morgan fingerprint density at radius 2 is 1.40 bits per heavy atom. The zero-order valence-corrected chi connectivity index (χ0v) is 38.7. The first-order valence-electron chi connectivity index (χ1n) is 23.5. The van der Waals surface area contributed by atoms with Gasteiger partial charge in [-0.2, -0.15) is 0 Å². The second-order valence-corrected chi connectivity index (χ2v) is 19.8. The molecular formula is C52H76O10. The Bertz CT molecular complexity index is 1760. The van der Waals surface area contributed by atoms with E-state index in [4.69, 9.17) is 14.2 Å². The molecule has 10 nitrogen and oxygen atoms in total. The molecule has 344 valence electrons. The summed E-state index contributed by atoms with van der Waals surface area (Å²) in [6.07, 6.45) is 28.2. The average Bonchev–Trinajstić information content (AvgIpc) is 3.50. The van der Waals surface area contributed by atoms with E-state index in [1.54, 1.807) is 6.92 Å². The lowest BCUT2D eigenvalue weighted by Gasteiger charge is -2.69. The highest BCUT2D eigenvalue weighted by Crippen LogP contribution is 2.75. The minimum absolute atomic E-state index is 0.0565. The van der Waals surface area contributed by atoms with Crippen LogP contribution in [0.15, 0.2) is 72.9 Å². The molecule has 5 rings (SSSR count). The van der Waals surface area contributed by atoms with Crippen LogP contribution in [0.2, 0.25) is 0 Å². The predicted octanol–water partition coefficient (Wildman–Crippen LogP) is 8.89. The first-order chi connectivity index (χ1) is 29.4. The van der Waals surface area contributed by atoms with Crippen molar-refractivity contribution in [3.05, 3.63) is 72.9 Å². The van der Waals surface area contributed by atoms with Gasteiger partial charge >= 0.3 is 11.9 Å². The highest BCUT2D eigenvalue weighted by molar-refractivity contribution is 5.88. The molecule has 0 aromatic rings. The van der Waals surface area contributed by atoms with Crippen LogP contribution in [0, 0.1) is 58.2 Å². The van der Waals surface area contributed by atoms with Crippen LogP contribution in [-0.2, 0) is 33.4 Å². The van der Waals surface area contributed by atoms with Gasteiger partial charge in [0.25, 0.3) is 0 Å². The lowest BCUT2D eigenvalue weighted by Crippen LogP contribution is -2.78. The summed E-state index contributed by atoms with van der Waals surface area (Å²) in [5.41, 5.74) is -3.54. The number of esters is 2. The summed E-state index contributed by atoms with van der Waals surface area (Å²) in [6.45, 7) is 15.2. The summed E-state index contributed by atoms with van der Waals surface area (Å²) in [6, 6.07) is 0. The van der Waals surface area contributed by atoms with Gasteiger partial charge in [-0.25, -0.2) is 0 Å². The maximum absolute atomic E-state index is 14.1. The van der Waals surface area contributed by atoms with Gasteiger partial charge in [-0.3, -0.25) is 19.2 Å². The Labute approximate surface area is 371 Å². The summed E-state index contributed by atoms with van der Waals surface area (Å²) in [5, 5.41) is 36.0. The third-order valence-corrected chi connectivity index (χ3v) is 15.5. The molecule has 3 aliphatic carbocycles. The number of aliphatic hydroxyl groups excluding tert-OH is 1. The number of carbonyl (C=O) groups is 4. The summed E-state index contributed by atoms with van der Waals surface area (Å²) in [4.78, 5) is 55.6. The first-order valence-corrected chi connectivity index (χ1v) is 23.5. The summed E-state index contributed by atoms with van der Waals surface area (Å²) < 4.78 is 18.8. The van der Waals surface area contributed by atoms with E-state index in [1.807, 2.05) is 53.7 Å². The van der Waals surface area contributed by atoms with Gasteiger partial charge in [-0.15, -0.1) is 0 Å². The van der Waals surface area contributed by atoms with Crippen molar-refractivity contribution in [3.8, 4) is 0 Å². The maximum Gasteiger partial charge on any atom is 0.309 e. The monoisotopic (exact) mass is 861 g/mol. The number of hydrogen-bond acceptors (Lipinski definition) is 10. The van der Waals surface area contributed by atoms with E-state index in [9.17, 15) is 34.5 Å². The largest absolute Gasteiger partial charge is 0.461 e. The van der Waals surface area contributed by atoms with Gasteiger partial charge < -0.3 is 29.5 Å². The standard InChI is InChI=1S/C52H76O10/c1-9-10-11-12-13-14-15-16-17-18-19-20-21-22-23-24-25-26-27-28-43(55)62-46-41(54)29-36(6)40-31-42-50-33-60-52(59,48(50)49(40,46)8)45(56)37(7)44(50)39(47(57)61-42)30-38(53)32-51(58,34(2)3)35(4)5/h10-11,13-14,16-17,19-20,22-23,25-26,34-37,39-40,42,44-46,48,56,58-59H,9,12,15,18,21,24,27-33H2,1-8H3/t36?,37-,39?,40+,42-,44?,45-,46-,48?,49-,50+,52-/m1/s1. The van der Waals surface area contributed by atoms with Gasteiger partial charge in [-0.05, 0) is 86.9 Å². The normalized spacial score (nSPS) is 36.0. The molecule has 4 unspecified atom stereocenters. The fraction of sp³-hybridized carbons (Fsp3) is 0.692. The predicted molar refractivity (Wildman–Crippen MR) is 240 cm³/mol. The number of Topliss-reactive ketones (excluding diaryl/α,β-unsaturated/α-hetero) is 2. The molecule has 0 aromatic carbocycles. The Morgan fingerprint density at radius 1 is 0.871 bits per heavy atom. The molecule has 2 heterocycles.